The van der Waals surface area contributed by atoms with Crippen LogP contribution in [-0.2, 0) is 0 Å². The fraction of sp³-hybridized carbons (Fsp3) is 0.381. The summed E-state index contributed by atoms with van der Waals surface area (Å²) < 4.78 is 0. The van der Waals surface area contributed by atoms with E-state index in [9.17, 15) is 4.79 Å². The minimum Gasteiger partial charge on any atom is -0.369 e. The molecule has 0 aliphatic carbocycles. The topological polar surface area (TPSA) is 47.6 Å². The standard InChI is InChI=1S/C21H28N4O/c1-17-8-9-19(16-18(17)2)23-21(26)22-10-11-24-12-14-25(15-13-24)20-6-4-3-5-7-20/h3-9,16H,10-15H2,1-2H3,(H2,22,23,26). The van der Waals surface area contributed by atoms with Crippen LogP contribution >= 0.6 is 0 Å². The predicted molar refractivity (Wildman–Crippen MR) is 108 cm³/mol. The number of para-hydroxylation sites is 1. The highest BCUT2D eigenvalue weighted by Crippen LogP contribution is 2.15. The maximum atomic E-state index is 12.0. The van der Waals surface area contributed by atoms with E-state index in [-0.39, 0.29) is 6.03 Å². The molecule has 1 fully saturated rings. The molecule has 2 amide bonds. The molecule has 2 N–H and O–H groups in total. The van der Waals surface area contributed by atoms with Crippen LogP contribution in [-0.4, -0.2) is 50.2 Å². The number of piperazine rings is 1. The number of rotatable bonds is 5. The normalized spacial score (nSPS) is 14.9. The van der Waals surface area contributed by atoms with Gasteiger partial charge in [0.1, 0.15) is 0 Å². The highest BCUT2D eigenvalue weighted by molar-refractivity contribution is 5.89. The Bertz CT molecular complexity index is 724. The van der Waals surface area contributed by atoms with E-state index in [1.54, 1.807) is 0 Å². The maximum absolute atomic E-state index is 12.0. The molecule has 1 heterocycles. The number of nitrogens with zero attached hydrogens (tertiary/aromatic N) is 2. The lowest BCUT2D eigenvalue weighted by atomic mass is 10.1. The van der Waals surface area contributed by atoms with Gasteiger partial charge in [0.25, 0.3) is 0 Å². The first kappa shape index (κ1) is 18.3. The van der Waals surface area contributed by atoms with Gasteiger partial charge in [-0.1, -0.05) is 24.3 Å². The van der Waals surface area contributed by atoms with Crippen molar-refractivity contribution in [1.82, 2.24) is 10.2 Å². The molecule has 26 heavy (non-hydrogen) atoms. The van der Waals surface area contributed by atoms with Crippen LogP contribution < -0.4 is 15.5 Å². The van der Waals surface area contributed by atoms with Crippen molar-refractivity contribution in [1.29, 1.82) is 0 Å². The van der Waals surface area contributed by atoms with E-state index < -0.39 is 0 Å². The molecule has 0 aromatic heterocycles. The zero-order chi connectivity index (χ0) is 18.4. The Balaban J connectivity index is 1.36. The highest BCUT2D eigenvalue weighted by atomic mass is 16.2. The molecular weight excluding hydrogens is 324 g/mol. The zero-order valence-electron chi connectivity index (χ0n) is 15.7. The SMILES string of the molecule is Cc1ccc(NC(=O)NCCN2CCN(c3ccccc3)CC2)cc1C. The van der Waals surface area contributed by atoms with Gasteiger partial charge in [-0.25, -0.2) is 4.79 Å². The van der Waals surface area contributed by atoms with E-state index >= 15 is 0 Å². The Morgan fingerprint density at radius 2 is 1.69 bits per heavy atom. The molecule has 1 saturated heterocycles. The number of benzene rings is 2. The smallest absolute Gasteiger partial charge is 0.319 e. The number of aryl methyl sites for hydroxylation is 2. The number of anilines is 2. The Hall–Kier alpha value is -2.53. The Labute approximate surface area is 156 Å². The van der Waals surface area contributed by atoms with E-state index in [1.165, 1.54) is 16.8 Å². The molecule has 5 nitrogen and oxygen atoms in total. The number of nitrogens with one attached hydrogen (secondary N) is 2. The summed E-state index contributed by atoms with van der Waals surface area (Å²) in [6.07, 6.45) is 0. The van der Waals surface area contributed by atoms with Crippen molar-refractivity contribution >= 4 is 17.4 Å². The van der Waals surface area contributed by atoms with Crippen LogP contribution in [0.15, 0.2) is 48.5 Å². The van der Waals surface area contributed by atoms with E-state index in [1.807, 2.05) is 31.2 Å². The Kier molecular flexibility index (Phi) is 6.12. The average Bonchev–Trinajstić information content (AvgIpc) is 2.66. The molecule has 138 valence electrons. The molecular formula is C21H28N4O. The second-order valence-corrected chi connectivity index (χ2v) is 6.84. The van der Waals surface area contributed by atoms with Crippen LogP contribution in [0.2, 0.25) is 0 Å². The summed E-state index contributed by atoms with van der Waals surface area (Å²) >= 11 is 0. The van der Waals surface area contributed by atoms with Gasteiger partial charge in [0, 0.05) is 50.6 Å². The van der Waals surface area contributed by atoms with Gasteiger partial charge >= 0.3 is 6.03 Å². The van der Waals surface area contributed by atoms with Gasteiger partial charge in [0.15, 0.2) is 0 Å². The van der Waals surface area contributed by atoms with Crippen LogP contribution in [0.3, 0.4) is 0 Å². The summed E-state index contributed by atoms with van der Waals surface area (Å²) in [6, 6.07) is 16.4. The van der Waals surface area contributed by atoms with E-state index in [0.29, 0.717) is 6.54 Å². The van der Waals surface area contributed by atoms with Crippen LogP contribution in [0.5, 0.6) is 0 Å². The largest absolute Gasteiger partial charge is 0.369 e. The summed E-state index contributed by atoms with van der Waals surface area (Å²) in [6.45, 7) is 9.75. The van der Waals surface area contributed by atoms with Gasteiger partial charge in [-0.15, -0.1) is 0 Å². The predicted octanol–water partition coefficient (Wildman–Crippen LogP) is 3.25. The molecule has 1 aliphatic rings. The summed E-state index contributed by atoms with van der Waals surface area (Å²) in [7, 11) is 0. The summed E-state index contributed by atoms with van der Waals surface area (Å²) in [5.74, 6) is 0. The molecule has 0 saturated carbocycles. The first-order chi connectivity index (χ1) is 12.6. The number of amides is 2. The average molecular weight is 352 g/mol. The van der Waals surface area contributed by atoms with Crippen molar-refractivity contribution in [3.8, 4) is 0 Å². The maximum Gasteiger partial charge on any atom is 0.319 e. The number of carbonyl (C=O) groups excluding carboxylic acids is 1. The van der Waals surface area contributed by atoms with Gasteiger partial charge in [-0.2, -0.15) is 0 Å². The van der Waals surface area contributed by atoms with Gasteiger partial charge in [-0.3, -0.25) is 4.90 Å². The molecule has 0 atom stereocenters. The minimum absolute atomic E-state index is 0.142. The second kappa shape index (κ2) is 8.72. The van der Waals surface area contributed by atoms with Gasteiger partial charge in [-0.05, 0) is 49.2 Å². The molecule has 1 aliphatic heterocycles. The lowest BCUT2D eigenvalue weighted by molar-refractivity contribution is 0.240. The lowest BCUT2D eigenvalue weighted by Crippen LogP contribution is -2.48. The van der Waals surface area contributed by atoms with Gasteiger partial charge in [0.05, 0.1) is 0 Å². The minimum atomic E-state index is -0.142. The van der Waals surface area contributed by atoms with Gasteiger partial charge in [0.2, 0.25) is 0 Å². The second-order valence-electron chi connectivity index (χ2n) is 6.84. The Morgan fingerprint density at radius 3 is 2.38 bits per heavy atom. The number of urea groups is 1. The van der Waals surface area contributed by atoms with Crippen molar-refractivity contribution in [3.05, 3.63) is 59.7 Å². The number of carbonyl (C=O) groups is 1. The van der Waals surface area contributed by atoms with Crippen molar-refractivity contribution in [3.63, 3.8) is 0 Å². The summed E-state index contributed by atoms with van der Waals surface area (Å²) in [5, 5.41) is 5.85. The summed E-state index contributed by atoms with van der Waals surface area (Å²) in [5.41, 5.74) is 4.53. The zero-order valence-corrected chi connectivity index (χ0v) is 15.7. The number of hydrogen-bond acceptors (Lipinski definition) is 3. The number of hydrogen-bond donors (Lipinski definition) is 2. The molecule has 0 radical (unpaired) electrons. The molecule has 2 aromatic carbocycles. The van der Waals surface area contributed by atoms with Crippen molar-refractivity contribution < 1.29 is 4.79 Å². The van der Waals surface area contributed by atoms with Crippen LogP contribution in [0, 0.1) is 13.8 Å². The molecule has 0 unspecified atom stereocenters. The quantitative estimate of drug-likeness (QED) is 0.868. The lowest BCUT2D eigenvalue weighted by Gasteiger charge is -2.36. The molecule has 2 aromatic rings. The third kappa shape index (κ3) is 4.99. The first-order valence-electron chi connectivity index (χ1n) is 9.26. The van der Waals surface area contributed by atoms with Crippen molar-refractivity contribution in [2.24, 2.45) is 0 Å². The van der Waals surface area contributed by atoms with E-state index in [4.69, 9.17) is 0 Å². The fourth-order valence-electron chi connectivity index (χ4n) is 3.19. The van der Waals surface area contributed by atoms with E-state index in [0.717, 1.165) is 38.4 Å². The molecule has 0 bridgehead atoms. The van der Waals surface area contributed by atoms with Crippen LogP contribution in [0.25, 0.3) is 0 Å². The van der Waals surface area contributed by atoms with Crippen LogP contribution in [0.1, 0.15) is 11.1 Å². The third-order valence-corrected chi connectivity index (χ3v) is 4.97. The molecule has 3 rings (SSSR count). The van der Waals surface area contributed by atoms with Crippen molar-refractivity contribution in [2.75, 3.05) is 49.5 Å². The van der Waals surface area contributed by atoms with Crippen LogP contribution in [0.4, 0.5) is 16.2 Å². The van der Waals surface area contributed by atoms with Gasteiger partial charge < -0.3 is 15.5 Å². The Morgan fingerprint density at radius 1 is 0.962 bits per heavy atom. The third-order valence-electron chi connectivity index (χ3n) is 4.97. The summed E-state index contributed by atoms with van der Waals surface area (Å²) in [4.78, 5) is 16.9. The first-order valence-corrected chi connectivity index (χ1v) is 9.26. The fourth-order valence-corrected chi connectivity index (χ4v) is 3.19. The molecule has 0 spiro atoms. The monoisotopic (exact) mass is 352 g/mol. The van der Waals surface area contributed by atoms with E-state index in [2.05, 4.69) is 51.6 Å². The highest BCUT2D eigenvalue weighted by Gasteiger charge is 2.16. The molecule has 5 heteroatoms. The van der Waals surface area contributed by atoms with Crippen molar-refractivity contribution in [2.45, 2.75) is 13.8 Å².